The first-order valence-electron chi connectivity index (χ1n) is 9.38. The molecular formula is C24H19NO4. The maximum atomic E-state index is 12.9. The van der Waals surface area contributed by atoms with Crippen molar-refractivity contribution in [3.63, 3.8) is 0 Å². The van der Waals surface area contributed by atoms with E-state index in [4.69, 9.17) is 4.74 Å². The van der Waals surface area contributed by atoms with Crippen LogP contribution in [0.4, 0.5) is 0 Å². The predicted octanol–water partition coefficient (Wildman–Crippen LogP) is 3.75. The Hall–Kier alpha value is -3.73. The Balaban J connectivity index is 1.58. The average molecular weight is 385 g/mol. The van der Waals surface area contributed by atoms with Crippen LogP contribution in [0, 0.1) is 0 Å². The molecule has 0 fully saturated rings. The molecule has 0 saturated heterocycles. The Morgan fingerprint density at radius 2 is 1.28 bits per heavy atom. The molecule has 0 aliphatic carbocycles. The van der Waals surface area contributed by atoms with Crippen molar-refractivity contribution in [3.05, 3.63) is 107 Å². The van der Waals surface area contributed by atoms with E-state index in [0.29, 0.717) is 23.1 Å². The van der Waals surface area contributed by atoms with Crippen molar-refractivity contribution in [1.29, 1.82) is 0 Å². The van der Waals surface area contributed by atoms with E-state index in [1.165, 1.54) is 4.90 Å². The molecule has 0 bridgehead atoms. The quantitative estimate of drug-likeness (QED) is 0.479. The van der Waals surface area contributed by atoms with Gasteiger partial charge in [-0.2, -0.15) is 0 Å². The molecule has 0 saturated carbocycles. The fourth-order valence-corrected chi connectivity index (χ4v) is 3.48. The molecule has 0 radical (unpaired) electrons. The van der Waals surface area contributed by atoms with Crippen molar-refractivity contribution in [2.75, 3.05) is 6.61 Å². The van der Waals surface area contributed by atoms with Gasteiger partial charge in [0.05, 0.1) is 22.7 Å². The smallest absolute Gasteiger partial charge is 0.338 e. The third-order valence-electron chi connectivity index (χ3n) is 4.92. The third kappa shape index (κ3) is 3.80. The van der Waals surface area contributed by atoms with Crippen LogP contribution in [0.1, 0.15) is 36.6 Å². The van der Waals surface area contributed by atoms with Gasteiger partial charge in [-0.3, -0.25) is 14.5 Å². The van der Waals surface area contributed by atoms with Crippen molar-refractivity contribution in [3.8, 4) is 0 Å². The van der Waals surface area contributed by atoms with Gasteiger partial charge in [0.25, 0.3) is 11.8 Å². The van der Waals surface area contributed by atoms with Gasteiger partial charge in [-0.05, 0) is 36.2 Å². The SMILES string of the molecule is O=C(OC[C@H](Cc1ccccc1)N1C(=O)c2ccccc2C1=O)c1ccccc1. The number of rotatable bonds is 6. The minimum Gasteiger partial charge on any atom is -0.460 e. The van der Waals surface area contributed by atoms with Crippen molar-refractivity contribution in [2.45, 2.75) is 12.5 Å². The summed E-state index contributed by atoms with van der Waals surface area (Å²) in [5.41, 5.74) is 2.13. The molecule has 144 valence electrons. The van der Waals surface area contributed by atoms with Gasteiger partial charge >= 0.3 is 5.97 Å². The Labute approximate surface area is 168 Å². The molecule has 4 rings (SSSR count). The molecule has 1 heterocycles. The van der Waals surface area contributed by atoms with E-state index >= 15 is 0 Å². The van der Waals surface area contributed by atoms with E-state index < -0.39 is 12.0 Å². The van der Waals surface area contributed by atoms with Crippen LogP contribution in [-0.2, 0) is 11.2 Å². The van der Waals surface area contributed by atoms with Crippen LogP contribution in [0.25, 0.3) is 0 Å². The summed E-state index contributed by atoms with van der Waals surface area (Å²) in [5, 5.41) is 0. The Morgan fingerprint density at radius 3 is 1.86 bits per heavy atom. The molecular weight excluding hydrogens is 366 g/mol. The lowest BCUT2D eigenvalue weighted by Gasteiger charge is -2.26. The number of esters is 1. The summed E-state index contributed by atoms with van der Waals surface area (Å²) in [7, 11) is 0. The summed E-state index contributed by atoms with van der Waals surface area (Å²) < 4.78 is 5.49. The van der Waals surface area contributed by atoms with E-state index in [1.54, 1.807) is 48.5 Å². The second kappa shape index (κ2) is 8.10. The maximum Gasteiger partial charge on any atom is 0.338 e. The summed E-state index contributed by atoms with van der Waals surface area (Å²) in [4.78, 5) is 39.4. The first kappa shape index (κ1) is 18.6. The molecule has 0 aromatic heterocycles. The Morgan fingerprint density at radius 1 is 0.759 bits per heavy atom. The molecule has 0 spiro atoms. The van der Waals surface area contributed by atoms with Gasteiger partial charge < -0.3 is 4.74 Å². The molecule has 3 aromatic carbocycles. The number of hydrogen-bond acceptors (Lipinski definition) is 4. The highest BCUT2D eigenvalue weighted by atomic mass is 16.5. The monoisotopic (exact) mass is 385 g/mol. The number of fused-ring (bicyclic) bond motifs is 1. The highest BCUT2D eigenvalue weighted by Crippen LogP contribution is 2.26. The first-order chi connectivity index (χ1) is 14.1. The summed E-state index contributed by atoms with van der Waals surface area (Å²) in [6.45, 7) is -0.0753. The number of hydrogen-bond donors (Lipinski definition) is 0. The molecule has 1 atom stereocenters. The van der Waals surface area contributed by atoms with Crippen LogP contribution < -0.4 is 0 Å². The number of carbonyl (C=O) groups excluding carboxylic acids is 3. The number of imide groups is 1. The van der Waals surface area contributed by atoms with Crippen molar-refractivity contribution in [1.82, 2.24) is 4.90 Å². The van der Waals surface area contributed by atoms with E-state index in [1.807, 2.05) is 36.4 Å². The van der Waals surface area contributed by atoms with Gasteiger partial charge in [0.1, 0.15) is 6.61 Å². The van der Waals surface area contributed by atoms with Crippen LogP contribution in [0.5, 0.6) is 0 Å². The average Bonchev–Trinajstić information content (AvgIpc) is 3.03. The number of ether oxygens (including phenoxy) is 1. The maximum absolute atomic E-state index is 12.9. The van der Waals surface area contributed by atoms with Gasteiger partial charge in [-0.15, -0.1) is 0 Å². The zero-order valence-corrected chi connectivity index (χ0v) is 15.7. The Bertz CT molecular complexity index is 1010. The minimum atomic E-state index is -0.600. The number of benzene rings is 3. The molecule has 29 heavy (non-hydrogen) atoms. The summed E-state index contributed by atoms with van der Waals surface area (Å²) in [6, 6.07) is 24.3. The van der Waals surface area contributed by atoms with Gasteiger partial charge in [-0.1, -0.05) is 60.7 Å². The number of nitrogens with zero attached hydrogens (tertiary/aromatic N) is 1. The fourth-order valence-electron chi connectivity index (χ4n) is 3.48. The van der Waals surface area contributed by atoms with Gasteiger partial charge in [-0.25, -0.2) is 4.79 Å². The number of amides is 2. The third-order valence-corrected chi connectivity index (χ3v) is 4.92. The summed E-state index contributed by atoms with van der Waals surface area (Å²) in [5.74, 6) is -1.20. The standard InChI is InChI=1S/C24H19NO4/c26-22-20-13-7-8-14-21(20)23(27)25(22)19(15-17-9-3-1-4-10-17)16-29-24(28)18-11-5-2-6-12-18/h1-14,19H,15-16H2/t19-/m0/s1. The molecule has 5 heteroatoms. The first-order valence-corrected chi connectivity index (χ1v) is 9.38. The minimum absolute atomic E-state index is 0.0753. The van der Waals surface area contributed by atoms with E-state index in [0.717, 1.165) is 5.56 Å². The number of carbonyl (C=O) groups is 3. The molecule has 3 aromatic rings. The molecule has 1 aliphatic rings. The molecule has 2 amide bonds. The lowest BCUT2D eigenvalue weighted by atomic mass is 10.1. The lowest BCUT2D eigenvalue weighted by Crippen LogP contribution is -2.44. The lowest BCUT2D eigenvalue weighted by molar-refractivity contribution is 0.0308. The topological polar surface area (TPSA) is 63.7 Å². The van der Waals surface area contributed by atoms with E-state index in [9.17, 15) is 14.4 Å². The highest BCUT2D eigenvalue weighted by molar-refractivity contribution is 6.21. The van der Waals surface area contributed by atoms with Crippen LogP contribution in [0.15, 0.2) is 84.9 Å². The molecule has 5 nitrogen and oxygen atoms in total. The second-order valence-electron chi connectivity index (χ2n) is 6.83. The largest absolute Gasteiger partial charge is 0.460 e. The Kier molecular flexibility index (Phi) is 5.20. The molecule has 1 aliphatic heterocycles. The zero-order chi connectivity index (χ0) is 20.2. The van der Waals surface area contributed by atoms with Crippen LogP contribution >= 0.6 is 0 Å². The van der Waals surface area contributed by atoms with Crippen molar-refractivity contribution in [2.24, 2.45) is 0 Å². The molecule has 0 N–H and O–H groups in total. The van der Waals surface area contributed by atoms with Gasteiger partial charge in [0.15, 0.2) is 0 Å². The van der Waals surface area contributed by atoms with Crippen molar-refractivity contribution >= 4 is 17.8 Å². The van der Waals surface area contributed by atoms with Crippen LogP contribution in [-0.4, -0.2) is 35.3 Å². The van der Waals surface area contributed by atoms with Crippen LogP contribution in [0.3, 0.4) is 0 Å². The summed E-state index contributed by atoms with van der Waals surface area (Å²) >= 11 is 0. The predicted molar refractivity (Wildman–Crippen MR) is 108 cm³/mol. The second-order valence-corrected chi connectivity index (χ2v) is 6.83. The van der Waals surface area contributed by atoms with Crippen LogP contribution in [0.2, 0.25) is 0 Å². The highest BCUT2D eigenvalue weighted by Gasteiger charge is 2.40. The summed E-state index contributed by atoms with van der Waals surface area (Å²) in [6.07, 6.45) is 0.397. The van der Waals surface area contributed by atoms with E-state index in [2.05, 4.69) is 0 Å². The molecule has 0 unspecified atom stereocenters. The normalized spacial score (nSPS) is 13.9. The van der Waals surface area contributed by atoms with E-state index in [-0.39, 0.29) is 18.4 Å². The van der Waals surface area contributed by atoms with Gasteiger partial charge in [0.2, 0.25) is 0 Å². The van der Waals surface area contributed by atoms with Crippen molar-refractivity contribution < 1.29 is 19.1 Å². The fraction of sp³-hybridized carbons (Fsp3) is 0.125. The zero-order valence-electron chi connectivity index (χ0n) is 15.7. The van der Waals surface area contributed by atoms with Gasteiger partial charge in [0, 0.05) is 0 Å².